The van der Waals surface area contributed by atoms with Crippen LogP contribution in [0.15, 0.2) is 48.5 Å². The first-order valence-electron chi connectivity index (χ1n) is 9.58. The summed E-state index contributed by atoms with van der Waals surface area (Å²) in [6.07, 6.45) is 1.19. The molecule has 0 N–H and O–H groups in total. The van der Waals surface area contributed by atoms with E-state index in [0.29, 0.717) is 31.3 Å². The van der Waals surface area contributed by atoms with E-state index in [2.05, 4.69) is 6.07 Å². The Morgan fingerprint density at radius 1 is 1.14 bits per heavy atom. The monoisotopic (exact) mass is 396 g/mol. The van der Waals surface area contributed by atoms with Crippen LogP contribution in [0, 0.1) is 11.3 Å². The lowest BCUT2D eigenvalue weighted by Crippen LogP contribution is -2.63. The molecule has 5 nitrogen and oxygen atoms in total. The Labute approximate surface area is 168 Å². The first-order chi connectivity index (χ1) is 13.5. The van der Waals surface area contributed by atoms with Gasteiger partial charge >= 0.3 is 0 Å². The Morgan fingerprint density at radius 2 is 1.96 bits per heavy atom. The van der Waals surface area contributed by atoms with E-state index in [1.165, 1.54) is 5.56 Å². The van der Waals surface area contributed by atoms with E-state index in [-0.39, 0.29) is 29.6 Å². The van der Waals surface area contributed by atoms with E-state index < -0.39 is 0 Å². The van der Waals surface area contributed by atoms with Gasteiger partial charge in [-0.05, 0) is 36.2 Å². The number of amides is 2. The topological polar surface area (TPSA) is 49.9 Å². The van der Waals surface area contributed by atoms with Gasteiger partial charge in [0.25, 0.3) is 0 Å². The summed E-state index contributed by atoms with van der Waals surface area (Å²) in [4.78, 5) is 29.0. The van der Waals surface area contributed by atoms with E-state index in [0.717, 1.165) is 17.9 Å². The molecule has 6 heteroatoms. The zero-order valence-corrected chi connectivity index (χ0v) is 16.2. The van der Waals surface area contributed by atoms with Crippen LogP contribution in [0.25, 0.3) is 0 Å². The Bertz CT molecular complexity index is 954. The number of fused-ring (bicyclic) bond motifs is 1. The van der Waals surface area contributed by atoms with Crippen molar-refractivity contribution in [3.05, 3.63) is 59.1 Å². The average molecular weight is 397 g/mol. The Morgan fingerprint density at radius 3 is 2.79 bits per heavy atom. The molecule has 2 aromatic rings. The van der Waals surface area contributed by atoms with E-state index in [9.17, 15) is 9.59 Å². The first kappa shape index (κ1) is 17.6. The third-order valence-electron chi connectivity index (χ3n) is 6.03. The highest BCUT2D eigenvalue weighted by atomic mass is 35.5. The van der Waals surface area contributed by atoms with Crippen LogP contribution in [0.2, 0.25) is 5.02 Å². The van der Waals surface area contributed by atoms with Crippen LogP contribution < -0.4 is 9.64 Å². The van der Waals surface area contributed by atoms with Crippen molar-refractivity contribution in [1.82, 2.24) is 4.90 Å². The number of nitrogens with zero attached hydrogens (tertiary/aromatic N) is 2. The van der Waals surface area contributed by atoms with Gasteiger partial charge < -0.3 is 14.5 Å². The molecule has 3 heterocycles. The van der Waals surface area contributed by atoms with Crippen LogP contribution in [0.1, 0.15) is 12.0 Å². The molecule has 0 bridgehead atoms. The van der Waals surface area contributed by atoms with Gasteiger partial charge in [-0.1, -0.05) is 35.9 Å². The lowest BCUT2D eigenvalue weighted by Gasteiger charge is -2.52. The molecular formula is C22H21ClN2O3. The zero-order chi connectivity index (χ0) is 19.3. The summed E-state index contributed by atoms with van der Waals surface area (Å²) in [5.41, 5.74) is 1.98. The molecule has 2 aromatic carbocycles. The molecule has 2 fully saturated rings. The average Bonchev–Trinajstić information content (AvgIpc) is 3.07. The number of benzene rings is 2. The van der Waals surface area contributed by atoms with Crippen molar-refractivity contribution in [2.45, 2.75) is 12.8 Å². The molecule has 0 radical (unpaired) electrons. The maximum atomic E-state index is 13.0. The minimum Gasteiger partial charge on any atom is -0.493 e. The lowest BCUT2D eigenvalue weighted by molar-refractivity contribution is -0.150. The van der Waals surface area contributed by atoms with Crippen LogP contribution in [-0.2, 0) is 16.0 Å². The van der Waals surface area contributed by atoms with Gasteiger partial charge in [-0.2, -0.15) is 0 Å². The molecule has 0 saturated carbocycles. The van der Waals surface area contributed by atoms with Crippen molar-refractivity contribution in [2.24, 2.45) is 11.3 Å². The van der Waals surface area contributed by atoms with Gasteiger partial charge in [0.15, 0.2) is 0 Å². The molecule has 0 aromatic heterocycles. The maximum Gasteiger partial charge on any atom is 0.228 e. The summed E-state index contributed by atoms with van der Waals surface area (Å²) in [6, 6.07) is 15.3. The Balaban J connectivity index is 1.24. The van der Waals surface area contributed by atoms with E-state index in [4.69, 9.17) is 16.3 Å². The van der Waals surface area contributed by atoms with Gasteiger partial charge in [-0.25, -0.2) is 0 Å². The van der Waals surface area contributed by atoms with Crippen molar-refractivity contribution >= 4 is 29.1 Å². The van der Waals surface area contributed by atoms with Crippen LogP contribution in [0.5, 0.6) is 5.75 Å². The first-order valence-corrected chi connectivity index (χ1v) is 9.96. The molecule has 2 saturated heterocycles. The number of ether oxygens (including phenoxy) is 1. The van der Waals surface area contributed by atoms with Gasteiger partial charge in [0.1, 0.15) is 5.75 Å². The standard InChI is InChI=1S/C22H21ClN2O3/c23-17-5-3-6-18(9-17)25-11-16(8-20(25)26)21(27)24-12-22(13-24)10-15-4-1-2-7-19(15)28-14-22/h1-7,9,16H,8,10-14H2. The van der Waals surface area contributed by atoms with Gasteiger partial charge in [0.05, 0.1) is 12.5 Å². The molecule has 0 aliphatic carbocycles. The molecule has 1 spiro atoms. The molecule has 144 valence electrons. The van der Waals surface area contributed by atoms with Gasteiger partial charge in [0, 0.05) is 42.2 Å². The molecule has 3 aliphatic rings. The van der Waals surface area contributed by atoms with Crippen LogP contribution in [0.3, 0.4) is 0 Å². The van der Waals surface area contributed by atoms with Crippen molar-refractivity contribution in [2.75, 3.05) is 31.1 Å². The number of para-hydroxylation sites is 1. The second kappa shape index (κ2) is 6.52. The normalized spacial score (nSPS) is 22.6. The van der Waals surface area contributed by atoms with Crippen molar-refractivity contribution in [3.63, 3.8) is 0 Å². The molecule has 2 amide bonds. The molecule has 28 heavy (non-hydrogen) atoms. The number of hydrogen-bond acceptors (Lipinski definition) is 3. The summed E-state index contributed by atoms with van der Waals surface area (Å²) in [6.45, 7) is 2.46. The molecule has 1 atom stereocenters. The quantitative estimate of drug-likeness (QED) is 0.783. The smallest absolute Gasteiger partial charge is 0.228 e. The fourth-order valence-electron chi connectivity index (χ4n) is 4.62. The lowest BCUT2D eigenvalue weighted by atomic mass is 9.73. The minimum absolute atomic E-state index is 0.0132. The molecular weight excluding hydrogens is 376 g/mol. The number of carbonyl (C=O) groups is 2. The summed E-state index contributed by atoms with van der Waals surface area (Å²) >= 11 is 6.05. The predicted octanol–water partition coefficient (Wildman–Crippen LogP) is 3.16. The highest BCUT2D eigenvalue weighted by Crippen LogP contribution is 2.42. The van der Waals surface area contributed by atoms with Gasteiger partial charge in [-0.15, -0.1) is 0 Å². The number of rotatable bonds is 2. The van der Waals surface area contributed by atoms with Crippen molar-refractivity contribution in [3.8, 4) is 5.75 Å². The number of carbonyl (C=O) groups excluding carboxylic acids is 2. The minimum atomic E-state index is -0.291. The number of likely N-dealkylation sites (tertiary alicyclic amines) is 1. The summed E-state index contributed by atoms with van der Waals surface area (Å²) in [5, 5.41) is 0.586. The summed E-state index contributed by atoms with van der Waals surface area (Å²) < 4.78 is 5.93. The third-order valence-corrected chi connectivity index (χ3v) is 6.27. The van der Waals surface area contributed by atoms with Crippen molar-refractivity contribution < 1.29 is 14.3 Å². The molecule has 1 unspecified atom stereocenters. The highest BCUT2D eigenvalue weighted by molar-refractivity contribution is 6.31. The van der Waals surface area contributed by atoms with Crippen LogP contribution in [-0.4, -0.2) is 43.0 Å². The Hall–Kier alpha value is -2.53. The third kappa shape index (κ3) is 2.94. The second-order valence-electron chi connectivity index (χ2n) is 8.15. The fourth-order valence-corrected chi connectivity index (χ4v) is 4.81. The molecule has 3 aliphatic heterocycles. The maximum absolute atomic E-state index is 13.0. The number of hydrogen-bond donors (Lipinski definition) is 0. The number of anilines is 1. The predicted molar refractivity (Wildman–Crippen MR) is 107 cm³/mol. The van der Waals surface area contributed by atoms with E-state index in [1.807, 2.05) is 35.2 Å². The Kier molecular flexibility index (Phi) is 4.09. The summed E-state index contributed by atoms with van der Waals surface area (Å²) in [7, 11) is 0. The van der Waals surface area contributed by atoms with Crippen molar-refractivity contribution in [1.29, 1.82) is 0 Å². The van der Waals surface area contributed by atoms with Crippen LogP contribution >= 0.6 is 11.6 Å². The largest absolute Gasteiger partial charge is 0.493 e. The second-order valence-corrected chi connectivity index (χ2v) is 8.59. The van der Waals surface area contributed by atoms with Crippen LogP contribution in [0.4, 0.5) is 5.69 Å². The zero-order valence-electron chi connectivity index (χ0n) is 15.4. The van der Waals surface area contributed by atoms with Gasteiger partial charge in [0.2, 0.25) is 11.8 Å². The van der Waals surface area contributed by atoms with Gasteiger partial charge in [-0.3, -0.25) is 9.59 Å². The number of halogens is 1. The SMILES string of the molecule is O=C(C1CC(=O)N(c2cccc(Cl)c2)C1)N1CC2(COc3ccccc3C2)C1. The molecule has 5 rings (SSSR count). The fraction of sp³-hybridized carbons (Fsp3) is 0.364. The van der Waals surface area contributed by atoms with E-state index >= 15 is 0 Å². The summed E-state index contributed by atoms with van der Waals surface area (Å²) in [5.74, 6) is 0.713. The highest BCUT2D eigenvalue weighted by Gasteiger charge is 2.50. The van der Waals surface area contributed by atoms with E-state index in [1.54, 1.807) is 17.0 Å².